The zero-order valence-electron chi connectivity index (χ0n) is 11.5. The van der Waals surface area contributed by atoms with Gasteiger partial charge in [-0.1, -0.05) is 6.07 Å². The number of rotatable bonds is 5. The Hall–Kier alpha value is -2.76. The van der Waals surface area contributed by atoms with Crippen LogP contribution in [0.4, 0.5) is 0 Å². The minimum absolute atomic E-state index is 0.0273. The van der Waals surface area contributed by atoms with Crippen LogP contribution in [0, 0.1) is 6.92 Å². The van der Waals surface area contributed by atoms with Crippen LogP contribution in [0.25, 0.3) is 0 Å². The first-order valence-electron chi connectivity index (χ1n) is 6.32. The Kier molecular flexibility index (Phi) is 4.61. The van der Waals surface area contributed by atoms with Crippen molar-refractivity contribution in [2.75, 3.05) is 6.61 Å². The second kappa shape index (κ2) is 6.60. The van der Waals surface area contributed by atoms with Crippen molar-refractivity contribution in [1.29, 1.82) is 0 Å². The van der Waals surface area contributed by atoms with Gasteiger partial charge in [0, 0.05) is 0 Å². The van der Waals surface area contributed by atoms with Gasteiger partial charge in [0.05, 0.1) is 12.8 Å². The molecule has 21 heavy (non-hydrogen) atoms. The molecular weight excluding hydrogens is 274 g/mol. The van der Waals surface area contributed by atoms with Gasteiger partial charge >= 0.3 is 5.97 Å². The van der Waals surface area contributed by atoms with E-state index in [4.69, 9.17) is 9.15 Å². The van der Waals surface area contributed by atoms with E-state index >= 15 is 0 Å². The molecule has 6 nitrogen and oxygen atoms in total. The van der Waals surface area contributed by atoms with E-state index in [1.165, 1.54) is 18.4 Å². The second-order valence-electron chi connectivity index (χ2n) is 4.45. The molecule has 1 aromatic heterocycles. The number of hydrogen-bond acceptors (Lipinski definition) is 5. The molecule has 0 aliphatic heterocycles. The summed E-state index contributed by atoms with van der Waals surface area (Å²) in [4.78, 5) is 23.3. The molecule has 0 unspecified atom stereocenters. The van der Waals surface area contributed by atoms with Crippen LogP contribution in [0.1, 0.15) is 21.7 Å². The number of esters is 1. The molecule has 2 rings (SSSR count). The van der Waals surface area contributed by atoms with E-state index in [0.717, 1.165) is 5.56 Å². The predicted molar refractivity (Wildman–Crippen MR) is 73.7 cm³/mol. The lowest BCUT2D eigenvalue weighted by Crippen LogP contribution is -2.28. The third-order valence-corrected chi connectivity index (χ3v) is 2.75. The van der Waals surface area contributed by atoms with E-state index in [9.17, 15) is 14.7 Å². The highest BCUT2D eigenvalue weighted by atomic mass is 16.5. The van der Waals surface area contributed by atoms with E-state index in [1.807, 2.05) is 0 Å². The molecule has 1 aromatic carbocycles. The lowest BCUT2D eigenvalue weighted by molar-refractivity contribution is -0.124. The van der Waals surface area contributed by atoms with Crippen LogP contribution in [-0.2, 0) is 16.1 Å². The number of benzene rings is 1. The molecule has 0 spiro atoms. The van der Waals surface area contributed by atoms with Gasteiger partial charge in [-0.25, -0.2) is 4.79 Å². The normalized spacial score (nSPS) is 10.1. The fourth-order valence-electron chi connectivity index (χ4n) is 1.67. The van der Waals surface area contributed by atoms with Crippen molar-refractivity contribution in [2.45, 2.75) is 13.5 Å². The standard InChI is InChI=1S/C15H15NO5/c1-10-4-5-12(13(17)7-10)15(19)21-9-14(18)16-8-11-3-2-6-20-11/h2-7,17H,8-9H2,1H3,(H,16,18). The first-order valence-corrected chi connectivity index (χ1v) is 6.32. The molecule has 0 atom stereocenters. The SMILES string of the molecule is Cc1ccc(C(=O)OCC(=O)NCc2ccco2)c(O)c1. The molecule has 0 radical (unpaired) electrons. The summed E-state index contributed by atoms with van der Waals surface area (Å²) in [5.74, 6) is -0.770. The van der Waals surface area contributed by atoms with Crippen LogP contribution < -0.4 is 5.32 Å². The maximum atomic E-state index is 11.7. The summed E-state index contributed by atoms with van der Waals surface area (Å²) < 4.78 is 9.89. The number of phenols is 1. The molecule has 0 saturated heterocycles. The van der Waals surface area contributed by atoms with Crippen molar-refractivity contribution in [3.63, 3.8) is 0 Å². The minimum Gasteiger partial charge on any atom is -0.507 e. The largest absolute Gasteiger partial charge is 0.507 e. The third kappa shape index (κ3) is 4.10. The van der Waals surface area contributed by atoms with Crippen LogP contribution in [0.15, 0.2) is 41.0 Å². The Morgan fingerprint density at radius 1 is 1.33 bits per heavy atom. The molecule has 110 valence electrons. The Morgan fingerprint density at radius 2 is 2.14 bits per heavy atom. The zero-order chi connectivity index (χ0) is 15.2. The minimum atomic E-state index is -0.749. The summed E-state index contributed by atoms with van der Waals surface area (Å²) in [5, 5.41) is 12.2. The third-order valence-electron chi connectivity index (χ3n) is 2.75. The first kappa shape index (κ1) is 14.6. The highest BCUT2D eigenvalue weighted by Gasteiger charge is 2.14. The number of furan rings is 1. The summed E-state index contributed by atoms with van der Waals surface area (Å²) in [7, 11) is 0. The number of carbonyl (C=O) groups excluding carboxylic acids is 2. The lowest BCUT2D eigenvalue weighted by Gasteiger charge is -2.07. The van der Waals surface area contributed by atoms with Crippen molar-refractivity contribution in [3.05, 3.63) is 53.5 Å². The number of carbonyl (C=O) groups is 2. The van der Waals surface area contributed by atoms with Crippen molar-refractivity contribution in [2.24, 2.45) is 0 Å². The van der Waals surface area contributed by atoms with E-state index in [2.05, 4.69) is 5.32 Å². The Bertz CT molecular complexity index is 634. The second-order valence-corrected chi connectivity index (χ2v) is 4.45. The van der Waals surface area contributed by atoms with Gasteiger partial charge in [0.15, 0.2) is 6.61 Å². The van der Waals surface area contributed by atoms with Crippen LogP contribution in [0.3, 0.4) is 0 Å². The maximum Gasteiger partial charge on any atom is 0.342 e. The first-order chi connectivity index (χ1) is 10.1. The zero-order valence-corrected chi connectivity index (χ0v) is 11.5. The van der Waals surface area contributed by atoms with E-state index < -0.39 is 18.5 Å². The molecule has 6 heteroatoms. The summed E-state index contributed by atoms with van der Waals surface area (Å²) in [6.07, 6.45) is 1.50. The molecular formula is C15H15NO5. The predicted octanol–water partition coefficient (Wildman–Crippen LogP) is 1.77. The van der Waals surface area contributed by atoms with Gasteiger partial charge in [-0.15, -0.1) is 0 Å². The highest BCUT2D eigenvalue weighted by Crippen LogP contribution is 2.19. The molecule has 0 bridgehead atoms. The molecule has 2 N–H and O–H groups in total. The monoisotopic (exact) mass is 289 g/mol. The Balaban J connectivity index is 1.81. The van der Waals surface area contributed by atoms with Gasteiger partial charge in [-0.2, -0.15) is 0 Å². The number of hydrogen-bond donors (Lipinski definition) is 2. The molecule has 1 heterocycles. The maximum absolute atomic E-state index is 11.7. The molecule has 0 saturated carbocycles. The molecule has 0 aliphatic rings. The molecule has 1 amide bonds. The van der Waals surface area contributed by atoms with Crippen LogP contribution >= 0.6 is 0 Å². The number of phenolic OH excluding ortho intramolecular Hbond substituents is 1. The summed E-state index contributed by atoms with van der Waals surface area (Å²) in [6.45, 7) is 1.59. The Labute approximate surface area is 121 Å². The highest BCUT2D eigenvalue weighted by molar-refractivity contribution is 5.93. The number of aromatic hydroxyl groups is 1. The average Bonchev–Trinajstić information content (AvgIpc) is 2.95. The van der Waals surface area contributed by atoms with E-state index in [0.29, 0.717) is 5.76 Å². The number of nitrogens with one attached hydrogen (secondary N) is 1. The summed E-state index contributed by atoms with van der Waals surface area (Å²) in [6, 6.07) is 8.01. The van der Waals surface area contributed by atoms with E-state index in [1.54, 1.807) is 25.1 Å². The lowest BCUT2D eigenvalue weighted by atomic mass is 10.1. The van der Waals surface area contributed by atoms with Crippen LogP contribution in [0.2, 0.25) is 0 Å². The van der Waals surface area contributed by atoms with E-state index in [-0.39, 0.29) is 17.9 Å². The number of aryl methyl sites for hydroxylation is 1. The smallest absolute Gasteiger partial charge is 0.342 e. The van der Waals surface area contributed by atoms with Gasteiger partial charge in [-0.05, 0) is 36.8 Å². The van der Waals surface area contributed by atoms with Gasteiger partial charge in [-0.3, -0.25) is 4.79 Å². The molecule has 2 aromatic rings. The number of amides is 1. The van der Waals surface area contributed by atoms with Crippen molar-refractivity contribution >= 4 is 11.9 Å². The van der Waals surface area contributed by atoms with Crippen molar-refractivity contribution < 1.29 is 23.8 Å². The molecule has 0 fully saturated rings. The summed E-state index contributed by atoms with van der Waals surface area (Å²) in [5.41, 5.74) is 0.847. The average molecular weight is 289 g/mol. The fourth-order valence-corrected chi connectivity index (χ4v) is 1.67. The quantitative estimate of drug-likeness (QED) is 0.819. The van der Waals surface area contributed by atoms with Crippen molar-refractivity contribution in [1.82, 2.24) is 5.32 Å². The van der Waals surface area contributed by atoms with Crippen molar-refractivity contribution in [3.8, 4) is 5.75 Å². The van der Waals surface area contributed by atoms with Gasteiger partial charge in [0.1, 0.15) is 17.1 Å². The van der Waals surface area contributed by atoms with Gasteiger partial charge in [0.25, 0.3) is 5.91 Å². The molecule has 0 aliphatic carbocycles. The van der Waals surface area contributed by atoms with Crippen LogP contribution in [0.5, 0.6) is 5.75 Å². The Morgan fingerprint density at radius 3 is 2.81 bits per heavy atom. The topological polar surface area (TPSA) is 88.8 Å². The van der Waals surface area contributed by atoms with Gasteiger partial charge < -0.3 is 19.6 Å². The summed E-state index contributed by atoms with van der Waals surface area (Å²) >= 11 is 0. The fraction of sp³-hybridized carbons (Fsp3) is 0.200. The van der Waals surface area contributed by atoms with Crippen LogP contribution in [-0.4, -0.2) is 23.6 Å². The number of ether oxygens (including phenoxy) is 1. The van der Waals surface area contributed by atoms with Gasteiger partial charge in [0.2, 0.25) is 0 Å².